The van der Waals surface area contributed by atoms with Crippen LogP contribution in [0.25, 0.3) is 0 Å². The second-order valence-corrected chi connectivity index (χ2v) is 5.47. The van der Waals surface area contributed by atoms with Crippen molar-refractivity contribution in [2.75, 3.05) is 6.79 Å². The molecule has 2 aliphatic heterocycles. The highest BCUT2D eigenvalue weighted by Crippen LogP contribution is 2.47. The Bertz CT molecular complexity index is 909. The van der Waals surface area contributed by atoms with E-state index in [9.17, 15) is 20.2 Å². The van der Waals surface area contributed by atoms with Crippen LogP contribution in [-0.2, 0) is 9.53 Å². The lowest BCUT2D eigenvalue weighted by atomic mass is 9.80. The fraction of sp³-hybridized carbons (Fsp3) is 0.250. The summed E-state index contributed by atoms with van der Waals surface area (Å²) < 4.78 is 15.7. The molecule has 1 aromatic rings. The molecule has 1 aromatic carbocycles. The van der Waals surface area contributed by atoms with Crippen LogP contribution in [0.5, 0.6) is 11.5 Å². The summed E-state index contributed by atoms with van der Waals surface area (Å²) in [4.78, 5) is 23.1. The third-order valence-electron chi connectivity index (χ3n) is 4.01. The Morgan fingerprint density at radius 3 is 2.60 bits per heavy atom. The van der Waals surface area contributed by atoms with Gasteiger partial charge in [-0.1, -0.05) is 0 Å². The van der Waals surface area contributed by atoms with Crippen molar-refractivity contribution in [3.05, 3.63) is 50.6 Å². The smallest absolute Gasteiger partial charge is 0.277 e. The summed E-state index contributed by atoms with van der Waals surface area (Å²) in [5, 5.41) is 21.0. The van der Waals surface area contributed by atoms with Gasteiger partial charge in [-0.15, -0.1) is 0 Å². The van der Waals surface area contributed by atoms with Gasteiger partial charge in [-0.25, -0.2) is 0 Å². The Morgan fingerprint density at radius 1 is 1.40 bits per heavy atom. The van der Waals surface area contributed by atoms with Gasteiger partial charge in [-0.05, 0) is 19.9 Å². The van der Waals surface area contributed by atoms with E-state index >= 15 is 0 Å². The van der Waals surface area contributed by atoms with Crippen LogP contribution in [0.15, 0.2) is 34.9 Å². The number of rotatable bonds is 3. The first-order valence-corrected chi connectivity index (χ1v) is 7.22. The van der Waals surface area contributed by atoms with Gasteiger partial charge in [0.05, 0.1) is 16.9 Å². The highest BCUT2D eigenvalue weighted by molar-refractivity contribution is 5.97. The number of Topliss-reactive ketones (excluding diaryl/α,β-unsaturated/α-hetero) is 1. The Morgan fingerprint density at radius 2 is 2.04 bits per heavy atom. The largest absolute Gasteiger partial charge is 0.454 e. The number of nitro groups is 1. The molecule has 0 saturated heterocycles. The number of ether oxygens (including phenoxy) is 3. The van der Waals surface area contributed by atoms with E-state index < -0.39 is 10.8 Å². The van der Waals surface area contributed by atoms with Crippen LogP contribution in [-0.4, -0.2) is 17.5 Å². The minimum Gasteiger partial charge on any atom is -0.454 e. The van der Waals surface area contributed by atoms with Crippen LogP contribution in [0.1, 0.15) is 25.3 Å². The number of hydrogen-bond acceptors (Lipinski definition) is 8. The summed E-state index contributed by atoms with van der Waals surface area (Å²) in [6.07, 6.45) is 0. The highest BCUT2D eigenvalue weighted by Gasteiger charge is 2.39. The number of hydrogen-bond donors (Lipinski definition) is 1. The lowest BCUT2D eigenvalue weighted by Gasteiger charge is -2.26. The first-order valence-electron chi connectivity index (χ1n) is 7.22. The maximum Gasteiger partial charge on any atom is 0.277 e. The van der Waals surface area contributed by atoms with Crippen molar-refractivity contribution in [2.24, 2.45) is 5.73 Å². The van der Waals surface area contributed by atoms with Gasteiger partial charge in [-0.2, -0.15) is 5.26 Å². The number of nitrogens with two attached hydrogens (primary N) is 1. The van der Waals surface area contributed by atoms with Crippen LogP contribution < -0.4 is 15.2 Å². The fourth-order valence-corrected chi connectivity index (χ4v) is 2.98. The van der Waals surface area contributed by atoms with Gasteiger partial charge < -0.3 is 19.9 Å². The average Bonchev–Trinajstić information content (AvgIpc) is 2.99. The lowest BCUT2D eigenvalue weighted by molar-refractivity contribution is -0.385. The molecule has 0 bridgehead atoms. The molecule has 1 atom stereocenters. The maximum atomic E-state index is 12.1. The molecule has 25 heavy (non-hydrogen) atoms. The van der Waals surface area contributed by atoms with Crippen LogP contribution in [0.4, 0.5) is 5.69 Å². The molecule has 2 N–H and O–H groups in total. The second-order valence-electron chi connectivity index (χ2n) is 5.47. The first-order chi connectivity index (χ1) is 11.8. The normalized spacial score (nSPS) is 18.7. The SMILES string of the molecule is CC(=O)C1=C(C)OC(N)=C(C#N)C1c1cc2c(cc1[N+](=O)[O-])OCO2. The number of nitro benzene ring substituents is 1. The van der Waals surface area contributed by atoms with E-state index in [0.717, 1.165) is 0 Å². The molecule has 0 radical (unpaired) electrons. The molecule has 2 heterocycles. The maximum absolute atomic E-state index is 12.1. The number of fused-ring (bicyclic) bond motifs is 1. The van der Waals surface area contributed by atoms with E-state index in [4.69, 9.17) is 19.9 Å². The van der Waals surface area contributed by atoms with Crippen LogP contribution >= 0.6 is 0 Å². The summed E-state index contributed by atoms with van der Waals surface area (Å²) >= 11 is 0. The van der Waals surface area contributed by atoms with Crippen LogP contribution in [0.3, 0.4) is 0 Å². The van der Waals surface area contributed by atoms with E-state index in [0.29, 0.717) is 5.75 Å². The van der Waals surface area contributed by atoms with E-state index in [1.165, 1.54) is 26.0 Å². The number of carbonyl (C=O) groups is 1. The lowest BCUT2D eigenvalue weighted by Crippen LogP contribution is -2.23. The molecule has 9 nitrogen and oxygen atoms in total. The predicted octanol–water partition coefficient (Wildman–Crippen LogP) is 1.99. The molecular weight excluding hydrogens is 330 g/mol. The number of allylic oxidation sites excluding steroid dienone is 3. The Hall–Kier alpha value is -3.54. The molecule has 3 rings (SSSR count). The molecule has 1 unspecified atom stereocenters. The van der Waals surface area contributed by atoms with Gasteiger partial charge in [0, 0.05) is 11.1 Å². The number of benzene rings is 1. The Kier molecular flexibility index (Phi) is 3.81. The number of nitriles is 1. The van der Waals surface area contributed by atoms with E-state index in [1.807, 2.05) is 6.07 Å². The van der Waals surface area contributed by atoms with Crippen molar-refractivity contribution >= 4 is 11.5 Å². The summed E-state index contributed by atoms with van der Waals surface area (Å²) in [6.45, 7) is 2.75. The van der Waals surface area contributed by atoms with E-state index in [1.54, 1.807) is 0 Å². The zero-order valence-corrected chi connectivity index (χ0v) is 13.4. The minimum absolute atomic E-state index is 0.0682. The van der Waals surface area contributed by atoms with Crippen LogP contribution in [0.2, 0.25) is 0 Å². The minimum atomic E-state index is -1.02. The Balaban J connectivity index is 2.31. The number of nitrogens with zero attached hydrogens (tertiary/aromatic N) is 2. The molecule has 0 aromatic heterocycles. The zero-order chi connectivity index (χ0) is 18.3. The van der Waals surface area contributed by atoms with Crippen molar-refractivity contribution < 1.29 is 23.9 Å². The number of ketones is 1. The summed E-state index contributed by atoms with van der Waals surface area (Å²) in [7, 11) is 0. The van der Waals surface area contributed by atoms with Crippen molar-refractivity contribution in [2.45, 2.75) is 19.8 Å². The monoisotopic (exact) mass is 343 g/mol. The van der Waals surface area contributed by atoms with Gasteiger partial charge in [0.15, 0.2) is 17.3 Å². The summed E-state index contributed by atoms with van der Waals surface area (Å²) in [6, 6.07) is 4.50. The first kappa shape index (κ1) is 16.3. The van der Waals surface area contributed by atoms with Crippen molar-refractivity contribution in [1.82, 2.24) is 0 Å². The third-order valence-corrected chi connectivity index (χ3v) is 4.01. The Labute approximate surface area is 142 Å². The van der Waals surface area contributed by atoms with Crippen molar-refractivity contribution in [3.8, 4) is 17.6 Å². The third kappa shape index (κ3) is 2.53. The zero-order valence-electron chi connectivity index (χ0n) is 13.4. The second kappa shape index (κ2) is 5.83. The molecule has 0 aliphatic carbocycles. The highest BCUT2D eigenvalue weighted by atomic mass is 16.7. The topological polar surface area (TPSA) is 138 Å². The quantitative estimate of drug-likeness (QED) is 0.649. The van der Waals surface area contributed by atoms with Crippen LogP contribution in [0, 0.1) is 21.4 Å². The molecule has 128 valence electrons. The van der Waals surface area contributed by atoms with Gasteiger partial charge in [0.2, 0.25) is 12.7 Å². The number of carbonyl (C=O) groups excluding carboxylic acids is 1. The molecular formula is C16H13N3O6. The van der Waals surface area contributed by atoms with Crippen molar-refractivity contribution in [1.29, 1.82) is 5.26 Å². The molecule has 9 heteroatoms. The van der Waals surface area contributed by atoms with E-state index in [2.05, 4.69) is 0 Å². The van der Waals surface area contributed by atoms with Gasteiger partial charge in [0.1, 0.15) is 17.4 Å². The average molecular weight is 343 g/mol. The molecule has 0 amide bonds. The molecule has 0 spiro atoms. The predicted molar refractivity (Wildman–Crippen MR) is 83.3 cm³/mol. The van der Waals surface area contributed by atoms with Gasteiger partial charge >= 0.3 is 0 Å². The van der Waals surface area contributed by atoms with Gasteiger partial charge in [-0.3, -0.25) is 14.9 Å². The molecule has 0 saturated carbocycles. The summed E-state index contributed by atoms with van der Waals surface area (Å²) in [5.41, 5.74) is 5.64. The van der Waals surface area contributed by atoms with E-state index in [-0.39, 0.29) is 52.4 Å². The van der Waals surface area contributed by atoms with Gasteiger partial charge in [0.25, 0.3) is 5.69 Å². The molecule has 0 fully saturated rings. The standard InChI is InChI=1S/C16H13N3O6/c1-7(20)14-8(2)25-16(18)10(5-17)15(14)9-3-12-13(24-6-23-12)4-11(9)19(21)22/h3-4,15H,6,18H2,1-2H3. The van der Waals surface area contributed by atoms with Crippen molar-refractivity contribution in [3.63, 3.8) is 0 Å². The molecule has 2 aliphatic rings. The summed E-state index contributed by atoms with van der Waals surface area (Å²) in [5.74, 6) is -0.879. The fourth-order valence-electron chi connectivity index (χ4n) is 2.98.